The summed E-state index contributed by atoms with van der Waals surface area (Å²) < 4.78 is 0. The van der Waals surface area contributed by atoms with Crippen molar-refractivity contribution < 1.29 is 5.11 Å². The standard InChI is InChI=1S/C11H20N2OS/c1-4-5-11(3,14)8-12-6-10-7-15-9(2)13-10/h7,12,14H,4-6,8H2,1-3H3. The van der Waals surface area contributed by atoms with Gasteiger partial charge in [0, 0.05) is 18.5 Å². The Morgan fingerprint density at radius 3 is 2.87 bits per heavy atom. The molecule has 3 nitrogen and oxygen atoms in total. The maximum atomic E-state index is 9.92. The lowest BCUT2D eigenvalue weighted by Gasteiger charge is -2.22. The molecule has 0 saturated heterocycles. The van der Waals surface area contributed by atoms with E-state index in [4.69, 9.17) is 0 Å². The van der Waals surface area contributed by atoms with Crippen molar-refractivity contribution in [1.82, 2.24) is 10.3 Å². The molecule has 1 heterocycles. The summed E-state index contributed by atoms with van der Waals surface area (Å²) in [5.74, 6) is 0. The number of hydrogen-bond acceptors (Lipinski definition) is 4. The van der Waals surface area contributed by atoms with E-state index in [1.165, 1.54) is 0 Å². The SMILES string of the molecule is CCCC(C)(O)CNCc1csc(C)n1. The fourth-order valence-electron chi connectivity index (χ4n) is 1.58. The van der Waals surface area contributed by atoms with Crippen molar-refractivity contribution >= 4 is 11.3 Å². The van der Waals surface area contributed by atoms with Crippen LogP contribution in [0.4, 0.5) is 0 Å². The van der Waals surface area contributed by atoms with Crippen LogP contribution in [0.3, 0.4) is 0 Å². The molecule has 0 aliphatic rings. The molecule has 0 saturated carbocycles. The molecule has 0 aliphatic heterocycles. The molecule has 15 heavy (non-hydrogen) atoms. The molecule has 0 bridgehead atoms. The second kappa shape index (κ2) is 5.58. The molecule has 1 rings (SSSR count). The number of nitrogens with zero attached hydrogens (tertiary/aromatic N) is 1. The molecule has 2 N–H and O–H groups in total. The first kappa shape index (κ1) is 12.6. The van der Waals surface area contributed by atoms with E-state index < -0.39 is 5.60 Å². The quantitative estimate of drug-likeness (QED) is 0.783. The first-order valence-electron chi connectivity index (χ1n) is 5.37. The van der Waals surface area contributed by atoms with Gasteiger partial charge in [-0.25, -0.2) is 4.98 Å². The smallest absolute Gasteiger partial charge is 0.0897 e. The summed E-state index contributed by atoms with van der Waals surface area (Å²) in [6.45, 7) is 7.32. The first-order valence-corrected chi connectivity index (χ1v) is 6.25. The fourth-order valence-corrected chi connectivity index (χ4v) is 2.19. The lowest BCUT2D eigenvalue weighted by Crippen LogP contribution is -2.37. The average Bonchev–Trinajstić information content (AvgIpc) is 2.51. The van der Waals surface area contributed by atoms with Crippen LogP contribution in [0, 0.1) is 6.92 Å². The number of aromatic nitrogens is 1. The van der Waals surface area contributed by atoms with Gasteiger partial charge in [-0.3, -0.25) is 0 Å². The van der Waals surface area contributed by atoms with Gasteiger partial charge < -0.3 is 10.4 Å². The van der Waals surface area contributed by atoms with Gasteiger partial charge in [-0.05, 0) is 20.3 Å². The molecule has 0 spiro atoms. The Balaban J connectivity index is 2.27. The van der Waals surface area contributed by atoms with Crippen LogP contribution in [0.15, 0.2) is 5.38 Å². The van der Waals surface area contributed by atoms with Crippen LogP contribution in [-0.4, -0.2) is 22.2 Å². The van der Waals surface area contributed by atoms with Crippen LogP contribution >= 0.6 is 11.3 Å². The lowest BCUT2D eigenvalue weighted by molar-refractivity contribution is 0.0497. The summed E-state index contributed by atoms with van der Waals surface area (Å²) in [4.78, 5) is 4.35. The van der Waals surface area contributed by atoms with Gasteiger partial charge in [0.25, 0.3) is 0 Å². The number of nitrogens with one attached hydrogen (secondary N) is 1. The fraction of sp³-hybridized carbons (Fsp3) is 0.727. The van der Waals surface area contributed by atoms with Crippen LogP contribution in [0.25, 0.3) is 0 Å². The number of rotatable bonds is 6. The van der Waals surface area contributed by atoms with E-state index >= 15 is 0 Å². The lowest BCUT2D eigenvalue weighted by atomic mass is 10.0. The van der Waals surface area contributed by atoms with Crippen LogP contribution < -0.4 is 5.32 Å². The van der Waals surface area contributed by atoms with Gasteiger partial charge in [0.2, 0.25) is 0 Å². The minimum absolute atomic E-state index is 0.597. The summed E-state index contributed by atoms with van der Waals surface area (Å²) >= 11 is 1.66. The van der Waals surface area contributed by atoms with Crippen molar-refractivity contribution in [2.24, 2.45) is 0 Å². The molecule has 0 radical (unpaired) electrons. The van der Waals surface area contributed by atoms with Crippen molar-refractivity contribution in [2.75, 3.05) is 6.54 Å². The maximum Gasteiger partial charge on any atom is 0.0897 e. The molecule has 1 aromatic rings. The molecule has 4 heteroatoms. The van der Waals surface area contributed by atoms with E-state index in [-0.39, 0.29) is 0 Å². The molecule has 1 atom stereocenters. The molecular weight excluding hydrogens is 208 g/mol. The van der Waals surface area contributed by atoms with E-state index in [1.54, 1.807) is 11.3 Å². The van der Waals surface area contributed by atoms with Gasteiger partial charge >= 0.3 is 0 Å². The molecule has 0 aliphatic carbocycles. The van der Waals surface area contributed by atoms with Gasteiger partial charge in [-0.15, -0.1) is 11.3 Å². The topological polar surface area (TPSA) is 45.1 Å². The Morgan fingerprint density at radius 2 is 2.33 bits per heavy atom. The summed E-state index contributed by atoms with van der Waals surface area (Å²) in [5.41, 5.74) is 0.463. The highest BCUT2D eigenvalue weighted by Crippen LogP contribution is 2.11. The third-order valence-corrected chi connectivity index (χ3v) is 3.09. The number of thiazole rings is 1. The van der Waals surface area contributed by atoms with E-state index in [1.807, 2.05) is 13.8 Å². The number of aryl methyl sites for hydroxylation is 1. The van der Waals surface area contributed by atoms with Gasteiger partial charge in [-0.1, -0.05) is 13.3 Å². The van der Waals surface area contributed by atoms with E-state index in [0.717, 1.165) is 30.1 Å². The first-order chi connectivity index (χ1) is 7.03. The third-order valence-electron chi connectivity index (χ3n) is 2.27. The zero-order chi connectivity index (χ0) is 11.3. The van der Waals surface area contributed by atoms with Crippen molar-refractivity contribution in [2.45, 2.75) is 45.8 Å². The van der Waals surface area contributed by atoms with Crippen molar-refractivity contribution in [1.29, 1.82) is 0 Å². The summed E-state index contributed by atoms with van der Waals surface area (Å²) in [6.07, 6.45) is 1.83. The molecule has 0 amide bonds. The van der Waals surface area contributed by atoms with E-state index in [9.17, 15) is 5.11 Å². The van der Waals surface area contributed by atoms with Gasteiger partial charge in [-0.2, -0.15) is 0 Å². The normalized spacial score (nSPS) is 15.2. The Bertz CT molecular complexity index is 297. The second-order valence-electron chi connectivity index (χ2n) is 4.21. The minimum atomic E-state index is -0.597. The van der Waals surface area contributed by atoms with Crippen LogP contribution in [0.2, 0.25) is 0 Å². The average molecular weight is 228 g/mol. The summed E-state index contributed by atoms with van der Waals surface area (Å²) in [7, 11) is 0. The van der Waals surface area contributed by atoms with Gasteiger partial charge in [0.05, 0.1) is 16.3 Å². The highest BCUT2D eigenvalue weighted by atomic mass is 32.1. The second-order valence-corrected chi connectivity index (χ2v) is 5.27. The summed E-state index contributed by atoms with van der Waals surface area (Å²) in [5, 5.41) is 16.3. The highest BCUT2D eigenvalue weighted by Gasteiger charge is 2.18. The number of hydrogen-bond donors (Lipinski definition) is 2. The van der Waals surface area contributed by atoms with Crippen LogP contribution in [-0.2, 0) is 6.54 Å². The maximum absolute atomic E-state index is 9.92. The monoisotopic (exact) mass is 228 g/mol. The Hall–Kier alpha value is -0.450. The summed E-state index contributed by atoms with van der Waals surface area (Å²) in [6, 6.07) is 0. The Labute approximate surface area is 95.6 Å². The zero-order valence-corrected chi connectivity index (χ0v) is 10.5. The van der Waals surface area contributed by atoms with Crippen LogP contribution in [0.5, 0.6) is 0 Å². The minimum Gasteiger partial charge on any atom is -0.389 e. The Morgan fingerprint density at radius 1 is 1.60 bits per heavy atom. The third kappa shape index (κ3) is 4.73. The van der Waals surface area contributed by atoms with Crippen molar-refractivity contribution in [3.05, 3.63) is 16.1 Å². The van der Waals surface area contributed by atoms with Crippen molar-refractivity contribution in [3.63, 3.8) is 0 Å². The van der Waals surface area contributed by atoms with Gasteiger partial charge in [0.15, 0.2) is 0 Å². The Kier molecular flexibility index (Phi) is 4.70. The predicted octanol–water partition coefficient (Wildman–Crippen LogP) is 2.09. The van der Waals surface area contributed by atoms with Crippen LogP contribution in [0.1, 0.15) is 37.4 Å². The predicted molar refractivity (Wildman–Crippen MR) is 64.1 cm³/mol. The molecule has 1 unspecified atom stereocenters. The van der Waals surface area contributed by atoms with Gasteiger partial charge in [0.1, 0.15) is 0 Å². The largest absolute Gasteiger partial charge is 0.389 e. The molecule has 86 valence electrons. The van der Waals surface area contributed by atoms with Crippen molar-refractivity contribution in [3.8, 4) is 0 Å². The molecule has 0 fully saturated rings. The molecule has 0 aromatic carbocycles. The van der Waals surface area contributed by atoms with E-state index in [0.29, 0.717) is 6.54 Å². The molecule has 1 aromatic heterocycles. The highest BCUT2D eigenvalue weighted by molar-refractivity contribution is 7.09. The number of aliphatic hydroxyl groups is 1. The van der Waals surface area contributed by atoms with E-state index in [2.05, 4.69) is 22.6 Å². The molecular formula is C11H20N2OS. The zero-order valence-electron chi connectivity index (χ0n) is 9.71.